The lowest BCUT2D eigenvalue weighted by molar-refractivity contribution is 0.0996. The largest absolute Gasteiger partial charge is 0.382 e. The highest BCUT2D eigenvalue weighted by Crippen LogP contribution is 2.26. The molecule has 0 aliphatic carbocycles. The number of fused-ring (bicyclic) bond motifs is 1. The van der Waals surface area contributed by atoms with Crippen molar-refractivity contribution < 1.29 is 13.9 Å². The summed E-state index contributed by atoms with van der Waals surface area (Å²) in [7, 11) is 0. The molecule has 8 heteroatoms. The van der Waals surface area contributed by atoms with E-state index >= 15 is 0 Å². The maximum atomic E-state index is 14.2. The molecule has 0 spiro atoms. The molecule has 1 aliphatic heterocycles. The third-order valence-corrected chi connectivity index (χ3v) is 3.34. The molecule has 4 N–H and O–H groups in total. The molecule has 0 radical (unpaired) electrons. The molecular weight excluding hydrogens is 277 g/mol. The Hall–Kier alpha value is -2.48. The Kier molecular flexibility index (Phi) is 3.30. The molecule has 0 bridgehead atoms. The SMILES string of the molecule is NC(=O)c1nc2cc(F)c(N3CCOCC3)cc2nc1N. The van der Waals surface area contributed by atoms with Gasteiger partial charge in [0, 0.05) is 19.2 Å². The minimum atomic E-state index is -0.792. The van der Waals surface area contributed by atoms with Crippen molar-refractivity contribution in [3.8, 4) is 0 Å². The number of nitrogens with two attached hydrogens (primary N) is 2. The molecule has 3 rings (SSSR count). The number of hydrogen-bond acceptors (Lipinski definition) is 6. The first-order valence-electron chi connectivity index (χ1n) is 6.45. The topological polar surface area (TPSA) is 107 Å². The lowest BCUT2D eigenvalue weighted by Gasteiger charge is -2.29. The highest BCUT2D eigenvalue weighted by atomic mass is 19.1. The molecule has 0 saturated carbocycles. The van der Waals surface area contributed by atoms with E-state index in [1.54, 1.807) is 6.07 Å². The Bertz CT molecular complexity index is 715. The van der Waals surface area contributed by atoms with Crippen LogP contribution in [0.25, 0.3) is 11.0 Å². The first kappa shape index (κ1) is 13.5. The molecule has 1 aromatic heterocycles. The predicted octanol–water partition coefficient (Wildman–Crippen LogP) is 0.287. The normalized spacial score (nSPS) is 15.4. The van der Waals surface area contributed by atoms with Gasteiger partial charge in [-0.3, -0.25) is 4.79 Å². The number of ether oxygens (including phenoxy) is 1. The monoisotopic (exact) mass is 291 g/mol. The summed E-state index contributed by atoms with van der Waals surface area (Å²) in [6.07, 6.45) is 0. The number of anilines is 2. The van der Waals surface area contributed by atoms with Crippen LogP contribution in [0.4, 0.5) is 15.9 Å². The minimum Gasteiger partial charge on any atom is -0.382 e. The van der Waals surface area contributed by atoms with Crippen LogP contribution in [0.3, 0.4) is 0 Å². The molecule has 1 amide bonds. The van der Waals surface area contributed by atoms with E-state index in [4.69, 9.17) is 16.2 Å². The van der Waals surface area contributed by atoms with E-state index in [2.05, 4.69) is 9.97 Å². The number of morpholine rings is 1. The first-order valence-corrected chi connectivity index (χ1v) is 6.45. The van der Waals surface area contributed by atoms with Gasteiger partial charge >= 0.3 is 0 Å². The van der Waals surface area contributed by atoms with Crippen LogP contribution in [0, 0.1) is 5.82 Å². The van der Waals surface area contributed by atoms with Gasteiger partial charge in [-0.15, -0.1) is 0 Å². The maximum Gasteiger partial charge on any atom is 0.271 e. The fourth-order valence-electron chi connectivity index (χ4n) is 2.31. The molecule has 1 fully saturated rings. The first-order chi connectivity index (χ1) is 10.1. The Morgan fingerprint density at radius 2 is 1.90 bits per heavy atom. The predicted molar refractivity (Wildman–Crippen MR) is 75.5 cm³/mol. The fourth-order valence-corrected chi connectivity index (χ4v) is 2.31. The molecule has 21 heavy (non-hydrogen) atoms. The molecule has 7 nitrogen and oxygen atoms in total. The van der Waals surface area contributed by atoms with E-state index in [-0.39, 0.29) is 17.0 Å². The molecule has 2 heterocycles. The van der Waals surface area contributed by atoms with E-state index in [1.807, 2.05) is 4.90 Å². The summed E-state index contributed by atoms with van der Waals surface area (Å²) in [5, 5.41) is 0. The van der Waals surface area contributed by atoms with Gasteiger partial charge in [0.2, 0.25) is 0 Å². The zero-order valence-electron chi connectivity index (χ0n) is 11.2. The highest BCUT2D eigenvalue weighted by Gasteiger charge is 2.18. The van der Waals surface area contributed by atoms with Crippen molar-refractivity contribution in [3.63, 3.8) is 0 Å². The molecule has 110 valence electrons. The number of benzene rings is 1. The Morgan fingerprint density at radius 1 is 1.24 bits per heavy atom. The number of nitrogens with zero attached hydrogens (tertiary/aromatic N) is 3. The summed E-state index contributed by atoms with van der Waals surface area (Å²) in [6, 6.07) is 2.81. The van der Waals surface area contributed by atoms with Gasteiger partial charge in [-0.25, -0.2) is 14.4 Å². The van der Waals surface area contributed by atoms with Crippen molar-refractivity contribution in [3.05, 3.63) is 23.6 Å². The summed E-state index contributed by atoms with van der Waals surface area (Å²) >= 11 is 0. The lowest BCUT2D eigenvalue weighted by Crippen LogP contribution is -2.36. The van der Waals surface area contributed by atoms with E-state index in [9.17, 15) is 9.18 Å². The second kappa shape index (κ2) is 5.13. The maximum absolute atomic E-state index is 14.2. The van der Waals surface area contributed by atoms with Crippen LogP contribution in [-0.2, 0) is 4.74 Å². The smallest absolute Gasteiger partial charge is 0.271 e. The van der Waals surface area contributed by atoms with Gasteiger partial charge in [-0.2, -0.15) is 0 Å². The minimum absolute atomic E-state index is 0.0606. The summed E-state index contributed by atoms with van der Waals surface area (Å²) in [5.41, 5.74) is 11.7. The van der Waals surface area contributed by atoms with E-state index in [0.29, 0.717) is 37.5 Å². The van der Waals surface area contributed by atoms with Crippen LogP contribution in [0.2, 0.25) is 0 Å². The van der Waals surface area contributed by atoms with Gasteiger partial charge < -0.3 is 21.1 Å². The number of primary amides is 1. The van der Waals surface area contributed by atoms with E-state index in [1.165, 1.54) is 6.07 Å². The lowest BCUT2D eigenvalue weighted by atomic mass is 10.2. The van der Waals surface area contributed by atoms with Gasteiger partial charge in [-0.05, 0) is 6.07 Å². The number of hydrogen-bond donors (Lipinski definition) is 2. The Morgan fingerprint density at radius 3 is 2.57 bits per heavy atom. The molecule has 0 atom stereocenters. The van der Waals surface area contributed by atoms with Crippen LogP contribution in [-0.4, -0.2) is 42.2 Å². The number of carbonyl (C=O) groups is 1. The summed E-state index contributed by atoms with van der Waals surface area (Å²) in [5.74, 6) is -1.28. The summed E-state index contributed by atoms with van der Waals surface area (Å²) < 4.78 is 19.5. The van der Waals surface area contributed by atoms with E-state index in [0.717, 1.165) is 0 Å². The number of carbonyl (C=O) groups excluding carboxylic acids is 1. The quantitative estimate of drug-likeness (QED) is 0.823. The number of rotatable bonds is 2. The number of nitrogen functional groups attached to an aromatic ring is 1. The second-order valence-corrected chi connectivity index (χ2v) is 4.71. The fraction of sp³-hybridized carbons (Fsp3) is 0.308. The molecule has 0 unspecified atom stereocenters. The summed E-state index contributed by atoms with van der Waals surface area (Å²) in [4.78, 5) is 21.1. The third kappa shape index (κ3) is 2.45. The van der Waals surface area contributed by atoms with Gasteiger partial charge in [0.25, 0.3) is 5.91 Å². The van der Waals surface area contributed by atoms with Crippen molar-refractivity contribution >= 4 is 28.4 Å². The molecule has 1 aromatic carbocycles. The molecule has 2 aromatic rings. The number of amides is 1. The molecule has 1 saturated heterocycles. The number of halogens is 1. The van der Waals surface area contributed by atoms with Gasteiger partial charge in [0.05, 0.1) is 29.9 Å². The van der Waals surface area contributed by atoms with Crippen molar-refractivity contribution in [1.29, 1.82) is 0 Å². The zero-order chi connectivity index (χ0) is 15.0. The van der Waals surface area contributed by atoms with Crippen LogP contribution in [0.15, 0.2) is 12.1 Å². The van der Waals surface area contributed by atoms with Gasteiger partial charge in [0.15, 0.2) is 11.5 Å². The van der Waals surface area contributed by atoms with Crippen LogP contribution < -0.4 is 16.4 Å². The Labute approximate surface area is 119 Å². The average molecular weight is 291 g/mol. The van der Waals surface area contributed by atoms with Crippen LogP contribution in [0.1, 0.15) is 10.5 Å². The van der Waals surface area contributed by atoms with E-state index < -0.39 is 11.7 Å². The van der Waals surface area contributed by atoms with Crippen molar-refractivity contribution in [2.45, 2.75) is 0 Å². The Balaban J connectivity index is 2.10. The molecule has 1 aliphatic rings. The third-order valence-electron chi connectivity index (χ3n) is 3.34. The highest BCUT2D eigenvalue weighted by molar-refractivity contribution is 5.97. The number of aromatic nitrogens is 2. The van der Waals surface area contributed by atoms with Crippen molar-refractivity contribution in [2.75, 3.05) is 36.9 Å². The van der Waals surface area contributed by atoms with Gasteiger partial charge in [0.1, 0.15) is 5.82 Å². The van der Waals surface area contributed by atoms with Gasteiger partial charge in [-0.1, -0.05) is 0 Å². The van der Waals surface area contributed by atoms with Crippen LogP contribution in [0.5, 0.6) is 0 Å². The zero-order valence-corrected chi connectivity index (χ0v) is 11.2. The van der Waals surface area contributed by atoms with Crippen molar-refractivity contribution in [1.82, 2.24) is 9.97 Å². The average Bonchev–Trinajstić information content (AvgIpc) is 2.47. The molecular formula is C13H14FN5O2. The standard InChI is InChI=1S/C13H14FN5O2/c14-7-5-8-9(18-12(15)11(17-8)13(16)20)6-10(7)19-1-3-21-4-2-19/h5-6H,1-4H2,(H2,15,18)(H2,16,20). The van der Waals surface area contributed by atoms with Crippen LogP contribution >= 0.6 is 0 Å². The van der Waals surface area contributed by atoms with Crippen molar-refractivity contribution in [2.24, 2.45) is 5.73 Å². The second-order valence-electron chi connectivity index (χ2n) is 4.71. The summed E-state index contributed by atoms with van der Waals surface area (Å²) in [6.45, 7) is 2.30.